The molecule has 1 aliphatic rings. The monoisotopic (exact) mass is 207 g/mol. The molecule has 2 nitrogen and oxygen atoms in total. The fraction of sp³-hybridized carbons (Fsp3) is 0.667. The van der Waals surface area contributed by atoms with Gasteiger partial charge in [0.1, 0.15) is 0 Å². The van der Waals surface area contributed by atoms with E-state index in [1.54, 1.807) is 0 Å². The minimum Gasteiger partial charge on any atom is -0.347 e. The van der Waals surface area contributed by atoms with E-state index in [9.17, 15) is 18.0 Å². The SMILES string of the molecule is O=C(NC1CCCCC1)C(F)=C(F)F. The normalized spacial score (nSPS) is 17.6. The Morgan fingerprint density at radius 2 is 1.64 bits per heavy atom. The predicted molar refractivity (Wildman–Crippen MR) is 45.4 cm³/mol. The fourth-order valence-electron chi connectivity index (χ4n) is 1.58. The molecule has 0 saturated heterocycles. The summed E-state index contributed by atoms with van der Waals surface area (Å²) in [4.78, 5) is 10.8. The van der Waals surface area contributed by atoms with Crippen LogP contribution >= 0.6 is 0 Å². The highest BCUT2D eigenvalue weighted by atomic mass is 19.3. The number of carbonyl (C=O) groups excluding carboxylic acids is 1. The number of hydrogen-bond donors (Lipinski definition) is 1. The molecule has 1 saturated carbocycles. The number of nitrogens with one attached hydrogen (secondary N) is 1. The van der Waals surface area contributed by atoms with Crippen molar-refractivity contribution in [3.05, 3.63) is 11.9 Å². The largest absolute Gasteiger partial charge is 0.347 e. The summed E-state index contributed by atoms with van der Waals surface area (Å²) in [6, 6.07) is -0.152. The second-order valence-corrected chi connectivity index (χ2v) is 3.38. The second-order valence-electron chi connectivity index (χ2n) is 3.38. The van der Waals surface area contributed by atoms with E-state index in [2.05, 4.69) is 5.32 Å². The number of carbonyl (C=O) groups is 1. The molecule has 1 N–H and O–H groups in total. The summed E-state index contributed by atoms with van der Waals surface area (Å²) in [6.07, 6.45) is 1.92. The molecule has 14 heavy (non-hydrogen) atoms. The molecule has 0 bridgehead atoms. The second kappa shape index (κ2) is 5.02. The molecule has 1 amide bonds. The first-order chi connectivity index (χ1) is 6.61. The van der Waals surface area contributed by atoms with Crippen molar-refractivity contribution in [2.24, 2.45) is 0 Å². The summed E-state index contributed by atoms with van der Waals surface area (Å²) in [6.45, 7) is 0. The quantitative estimate of drug-likeness (QED) is 0.692. The Morgan fingerprint density at radius 3 is 2.14 bits per heavy atom. The van der Waals surface area contributed by atoms with Crippen LogP contribution in [0, 0.1) is 0 Å². The lowest BCUT2D eigenvalue weighted by molar-refractivity contribution is -0.120. The summed E-state index contributed by atoms with van der Waals surface area (Å²) >= 11 is 0. The van der Waals surface area contributed by atoms with Gasteiger partial charge in [-0.1, -0.05) is 19.3 Å². The van der Waals surface area contributed by atoms with E-state index in [0.717, 1.165) is 32.1 Å². The third-order valence-corrected chi connectivity index (χ3v) is 2.31. The summed E-state index contributed by atoms with van der Waals surface area (Å²) in [5, 5.41) is 2.25. The van der Waals surface area contributed by atoms with Gasteiger partial charge in [-0.2, -0.15) is 13.2 Å². The van der Waals surface area contributed by atoms with E-state index in [0.29, 0.717) is 0 Å². The first-order valence-corrected chi connectivity index (χ1v) is 4.63. The lowest BCUT2D eigenvalue weighted by Crippen LogP contribution is -2.36. The fourth-order valence-corrected chi connectivity index (χ4v) is 1.58. The van der Waals surface area contributed by atoms with Crippen LogP contribution in [-0.4, -0.2) is 11.9 Å². The number of hydrogen-bond acceptors (Lipinski definition) is 1. The Kier molecular flexibility index (Phi) is 3.98. The van der Waals surface area contributed by atoms with E-state index in [1.807, 2.05) is 0 Å². The first-order valence-electron chi connectivity index (χ1n) is 4.63. The van der Waals surface area contributed by atoms with E-state index in [1.165, 1.54) is 0 Å². The Morgan fingerprint density at radius 1 is 1.07 bits per heavy atom. The maximum atomic E-state index is 12.4. The molecule has 1 aliphatic carbocycles. The van der Waals surface area contributed by atoms with Gasteiger partial charge in [0.2, 0.25) is 0 Å². The Bertz CT molecular complexity index is 242. The van der Waals surface area contributed by atoms with Gasteiger partial charge in [-0.3, -0.25) is 4.79 Å². The van der Waals surface area contributed by atoms with Gasteiger partial charge in [0.25, 0.3) is 11.7 Å². The minimum absolute atomic E-state index is 0.152. The van der Waals surface area contributed by atoms with Crippen LogP contribution in [-0.2, 0) is 4.79 Å². The van der Waals surface area contributed by atoms with Gasteiger partial charge in [-0.05, 0) is 12.8 Å². The Balaban J connectivity index is 2.43. The van der Waals surface area contributed by atoms with Gasteiger partial charge < -0.3 is 5.32 Å². The van der Waals surface area contributed by atoms with Crippen LogP contribution in [0.25, 0.3) is 0 Å². The zero-order valence-electron chi connectivity index (χ0n) is 7.66. The van der Waals surface area contributed by atoms with Crippen molar-refractivity contribution in [3.63, 3.8) is 0 Å². The summed E-state index contributed by atoms with van der Waals surface area (Å²) in [5.41, 5.74) is 0. The number of rotatable bonds is 2. The van der Waals surface area contributed by atoms with Crippen molar-refractivity contribution >= 4 is 5.91 Å². The highest BCUT2D eigenvalue weighted by Crippen LogP contribution is 2.18. The smallest absolute Gasteiger partial charge is 0.311 e. The molecule has 0 heterocycles. The zero-order chi connectivity index (χ0) is 10.6. The molecule has 80 valence electrons. The van der Waals surface area contributed by atoms with Crippen molar-refractivity contribution in [1.82, 2.24) is 5.32 Å². The molecular formula is C9H12F3NO. The van der Waals surface area contributed by atoms with Crippen molar-refractivity contribution in [2.45, 2.75) is 38.1 Å². The molecule has 0 unspecified atom stereocenters. The molecule has 0 aromatic heterocycles. The van der Waals surface area contributed by atoms with Crippen LogP contribution in [0.4, 0.5) is 13.2 Å². The molecule has 1 fully saturated rings. The molecule has 1 rings (SSSR count). The van der Waals surface area contributed by atoms with Crippen molar-refractivity contribution < 1.29 is 18.0 Å². The van der Waals surface area contributed by atoms with Gasteiger partial charge in [0.15, 0.2) is 0 Å². The molecule has 0 radical (unpaired) electrons. The van der Waals surface area contributed by atoms with Crippen LogP contribution in [0.3, 0.4) is 0 Å². The maximum absolute atomic E-state index is 12.4. The van der Waals surface area contributed by atoms with Gasteiger partial charge in [-0.15, -0.1) is 0 Å². The van der Waals surface area contributed by atoms with Crippen molar-refractivity contribution in [3.8, 4) is 0 Å². The van der Waals surface area contributed by atoms with Crippen LogP contribution in [0.5, 0.6) is 0 Å². The predicted octanol–water partition coefficient (Wildman–Crippen LogP) is 2.51. The molecule has 0 atom stereocenters. The highest BCUT2D eigenvalue weighted by Gasteiger charge is 2.20. The average Bonchev–Trinajstić information content (AvgIpc) is 2.18. The van der Waals surface area contributed by atoms with Gasteiger partial charge >= 0.3 is 6.08 Å². The molecular weight excluding hydrogens is 195 g/mol. The molecule has 0 spiro atoms. The van der Waals surface area contributed by atoms with Crippen LogP contribution in [0.1, 0.15) is 32.1 Å². The van der Waals surface area contributed by atoms with Gasteiger partial charge in [-0.25, -0.2) is 0 Å². The van der Waals surface area contributed by atoms with Crippen LogP contribution < -0.4 is 5.32 Å². The highest BCUT2D eigenvalue weighted by molar-refractivity contribution is 5.91. The maximum Gasteiger partial charge on any atom is 0.311 e. The Hall–Kier alpha value is -1.00. The average molecular weight is 207 g/mol. The van der Waals surface area contributed by atoms with E-state index >= 15 is 0 Å². The third-order valence-electron chi connectivity index (χ3n) is 2.31. The van der Waals surface area contributed by atoms with E-state index in [4.69, 9.17) is 0 Å². The first kappa shape index (κ1) is 11.1. The van der Waals surface area contributed by atoms with Crippen molar-refractivity contribution in [1.29, 1.82) is 0 Å². The lowest BCUT2D eigenvalue weighted by Gasteiger charge is -2.22. The lowest BCUT2D eigenvalue weighted by atomic mass is 9.95. The molecule has 0 aliphatic heterocycles. The van der Waals surface area contributed by atoms with Crippen LogP contribution in [0.15, 0.2) is 11.9 Å². The number of halogens is 3. The summed E-state index contributed by atoms with van der Waals surface area (Å²) < 4.78 is 35.7. The minimum atomic E-state index is -2.56. The molecule has 0 aromatic rings. The van der Waals surface area contributed by atoms with Crippen LogP contribution in [0.2, 0.25) is 0 Å². The zero-order valence-corrected chi connectivity index (χ0v) is 7.66. The molecule has 0 aromatic carbocycles. The Labute approximate surface area is 80.2 Å². The third kappa shape index (κ3) is 3.05. The van der Waals surface area contributed by atoms with E-state index < -0.39 is 17.8 Å². The van der Waals surface area contributed by atoms with Crippen molar-refractivity contribution in [2.75, 3.05) is 0 Å². The summed E-state index contributed by atoms with van der Waals surface area (Å²) in [7, 11) is 0. The standard InChI is InChI=1S/C9H12F3NO/c10-7(8(11)12)9(14)13-6-4-2-1-3-5-6/h6H,1-5H2,(H,13,14). The number of amides is 1. The molecule has 5 heteroatoms. The van der Waals surface area contributed by atoms with Gasteiger partial charge in [0, 0.05) is 6.04 Å². The van der Waals surface area contributed by atoms with Gasteiger partial charge in [0.05, 0.1) is 0 Å². The topological polar surface area (TPSA) is 29.1 Å². The van der Waals surface area contributed by atoms with E-state index in [-0.39, 0.29) is 6.04 Å². The summed E-state index contributed by atoms with van der Waals surface area (Å²) in [5.74, 6) is -3.26.